The largest absolute Gasteiger partial charge is 0.359 e. The Hall–Kier alpha value is -0.175. The van der Waals surface area contributed by atoms with Crippen molar-refractivity contribution in [3.05, 3.63) is 6.33 Å². The molecule has 2 N–H and O–H groups in total. The second-order valence-electron chi connectivity index (χ2n) is 2.78. The number of nitrogens with two attached hydrogens (primary N) is 1. The molecule has 1 saturated heterocycles. The molecule has 0 aromatic carbocycles. The molecule has 5 nitrogen and oxygen atoms in total. The SMILES string of the molecule is [B]C1OC1(N)Cn1ncnc1SS. The monoisotopic (exact) mass is 214 g/mol. The van der Waals surface area contributed by atoms with Gasteiger partial charge >= 0.3 is 0 Å². The van der Waals surface area contributed by atoms with Gasteiger partial charge in [0.25, 0.3) is 0 Å². The van der Waals surface area contributed by atoms with Gasteiger partial charge in [-0.25, -0.2) is 9.67 Å². The number of rotatable bonds is 3. The standard InChI is InChI=1S/C5H7BN4OS2/c6-3-5(7,11-3)1-10-4(13-12)8-2-9-10/h2-3,12H,1,7H2. The highest BCUT2D eigenvalue weighted by atomic mass is 33.1. The van der Waals surface area contributed by atoms with Gasteiger partial charge in [-0.15, -0.1) is 11.7 Å². The highest BCUT2D eigenvalue weighted by molar-refractivity contribution is 8.68. The van der Waals surface area contributed by atoms with E-state index in [-0.39, 0.29) is 0 Å². The predicted molar refractivity (Wildman–Crippen MR) is 52.4 cm³/mol. The van der Waals surface area contributed by atoms with Crippen molar-refractivity contribution in [2.24, 2.45) is 5.73 Å². The molecular formula is C5H7BN4OS2. The van der Waals surface area contributed by atoms with E-state index in [0.29, 0.717) is 11.7 Å². The minimum Gasteiger partial charge on any atom is -0.359 e. The third kappa shape index (κ3) is 1.71. The number of thiol groups is 1. The molecule has 1 aromatic rings. The molecule has 0 spiro atoms. The summed E-state index contributed by atoms with van der Waals surface area (Å²) in [5, 5.41) is 4.64. The van der Waals surface area contributed by atoms with Gasteiger partial charge in [0.15, 0.2) is 10.9 Å². The van der Waals surface area contributed by atoms with E-state index in [9.17, 15) is 0 Å². The molecule has 0 amide bonds. The fourth-order valence-electron chi connectivity index (χ4n) is 0.996. The first kappa shape index (κ1) is 9.38. The summed E-state index contributed by atoms with van der Waals surface area (Å²) in [4.78, 5) is 3.96. The maximum absolute atomic E-state index is 5.73. The van der Waals surface area contributed by atoms with Crippen LogP contribution in [0.1, 0.15) is 0 Å². The molecule has 2 atom stereocenters. The van der Waals surface area contributed by atoms with Crippen LogP contribution in [0.15, 0.2) is 11.5 Å². The van der Waals surface area contributed by atoms with Crippen LogP contribution in [0.2, 0.25) is 0 Å². The van der Waals surface area contributed by atoms with E-state index in [2.05, 4.69) is 21.7 Å². The summed E-state index contributed by atoms with van der Waals surface area (Å²) >= 11 is 4.02. The van der Waals surface area contributed by atoms with Crippen LogP contribution in [0.4, 0.5) is 0 Å². The quantitative estimate of drug-likeness (QED) is 0.304. The van der Waals surface area contributed by atoms with Crippen LogP contribution in [-0.2, 0) is 11.3 Å². The summed E-state index contributed by atoms with van der Waals surface area (Å²) < 4.78 is 6.63. The molecule has 0 bridgehead atoms. The lowest BCUT2D eigenvalue weighted by Gasteiger charge is -2.07. The summed E-state index contributed by atoms with van der Waals surface area (Å²) in [6.07, 6.45) is 1.44. The van der Waals surface area contributed by atoms with Crippen LogP contribution >= 0.6 is 22.5 Å². The average Bonchev–Trinajstić information content (AvgIpc) is 2.51. The Morgan fingerprint density at radius 2 is 2.62 bits per heavy atom. The van der Waals surface area contributed by atoms with Gasteiger partial charge in [-0.2, -0.15) is 5.10 Å². The highest BCUT2D eigenvalue weighted by Gasteiger charge is 2.49. The van der Waals surface area contributed by atoms with E-state index in [1.54, 1.807) is 4.68 Å². The molecule has 0 aliphatic carbocycles. The van der Waals surface area contributed by atoms with Crippen LogP contribution in [0.5, 0.6) is 0 Å². The van der Waals surface area contributed by atoms with Crippen LogP contribution in [0.3, 0.4) is 0 Å². The van der Waals surface area contributed by atoms with E-state index >= 15 is 0 Å². The topological polar surface area (TPSA) is 69.3 Å². The van der Waals surface area contributed by atoms with Crippen LogP contribution < -0.4 is 5.73 Å². The third-order valence-corrected chi connectivity index (χ3v) is 2.80. The van der Waals surface area contributed by atoms with Crippen LogP contribution in [0.25, 0.3) is 0 Å². The number of ether oxygens (including phenoxy) is 1. The molecule has 8 heteroatoms. The van der Waals surface area contributed by atoms with Crippen molar-refractivity contribution in [2.45, 2.75) is 23.4 Å². The summed E-state index contributed by atoms with van der Waals surface area (Å²) in [7, 11) is 6.68. The van der Waals surface area contributed by atoms with E-state index < -0.39 is 11.7 Å². The Bertz CT molecular complexity index is 321. The number of nitrogens with zero attached hydrogens (tertiary/aromatic N) is 3. The van der Waals surface area contributed by atoms with Crippen molar-refractivity contribution < 1.29 is 4.74 Å². The maximum Gasteiger partial charge on any atom is 0.196 e. The molecule has 2 radical (unpaired) electrons. The lowest BCUT2D eigenvalue weighted by Crippen LogP contribution is -2.33. The molecule has 2 unspecified atom stereocenters. The second-order valence-corrected chi connectivity index (χ2v) is 3.88. The second kappa shape index (κ2) is 3.20. The number of aromatic nitrogens is 3. The minimum absolute atomic E-state index is 0.400. The molecule has 1 aromatic heterocycles. The Morgan fingerprint density at radius 1 is 1.92 bits per heavy atom. The van der Waals surface area contributed by atoms with Gasteiger partial charge in [-0.3, -0.25) is 0 Å². The van der Waals surface area contributed by atoms with Gasteiger partial charge in [-0.1, -0.05) is 0 Å². The molecular weight excluding hydrogens is 207 g/mol. The highest BCUT2D eigenvalue weighted by Crippen LogP contribution is 2.31. The van der Waals surface area contributed by atoms with Gasteiger partial charge in [0.1, 0.15) is 14.2 Å². The normalized spacial score (nSPS) is 32.0. The number of epoxide rings is 1. The lowest BCUT2D eigenvalue weighted by atomic mass is 9.98. The van der Waals surface area contributed by atoms with Crippen molar-refractivity contribution in [3.8, 4) is 0 Å². The van der Waals surface area contributed by atoms with E-state index in [4.69, 9.17) is 18.3 Å². The predicted octanol–water partition coefficient (Wildman–Crippen LogP) is -0.605. The zero-order valence-electron chi connectivity index (χ0n) is 6.62. The Labute approximate surface area is 85.6 Å². The molecule has 13 heavy (non-hydrogen) atoms. The van der Waals surface area contributed by atoms with Crippen molar-refractivity contribution in [3.63, 3.8) is 0 Å². The van der Waals surface area contributed by atoms with Gasteiger partial charge in [-0.05, 0) is 10.8 Å². The molecule has 0 saturated carbocycles. The Morgan fingerprint density at radius 3 is 3.15 bits per heavy atom. The van der Waals surface area contributed by atoms with E-state index in [0.717, 1.165) is 0 Å². The fraction of sp³-hybridized carbons (Fsp3) is 0.600. The lowest BCUT2D eigenvalue weighted by molar-refractivity contribution is 0.264. The molecule has 2 heterocycles. The maximum atomic E-state index is 5.73. The smallest absolute Gasteiger partial charge is 0.196 e. The third-order valence-electron chi connectivity index (χ3n) is 1.83. The molecule has 68 valence electrons. The molecule has 1 aliphatic rings. The summed E-state index contributed by atoms with van der Waals surface area (Å²) in [5.74, 6) is 0. The Balaban J connectivity index is 2.10. The van der Waals surface area contributed by atoms with Crippen molar-refractivity contribution >= 4 is 30.3 Å². The van der Waals surface area contributed by atoms with Crippen molar-refractivity contribution in [2.75, 3.05) is 0 Å². The van der Waals surface area contributed by atoms with Gasteiger partial charge < -0.3 is 10.5 Å². The molecule has 1 fully saturated rings. The summed E-state index contributed by atoms with van der Waals surface area (Å²) in [6, 6.07) is -0.408. The van der Waals surface area contributed by atoms with Gasteiger partial charge in [0, 0.05) is 0 Å². The number of hydrogen-bond acceptors (Lipinski definition) is 6. The van der Waals surface area contributed by atoms with E-state index in [1.807, 2.05) is 0 Å². The summed E-state index contributed by atoms with van der Waals surface area (Å²) in [5.41, 5.74) is 4.95. The first-order valence-electron chi connectivity index (χ1n) is 3.57. The minimum atomic E-state index is -0.786. The van der Waals surface area contributed by atoms with Gasteiger partial charge in [0.2, 0.25) is 0 Å². The number of hydrogen-bond donors (Lipinski definition) is 2. The van der Waals surface area contributed by atoms with Crippen molar-refractivity contribution in [1.82, 2.24) is 14.8 Å². The van der Waals surface area contributed by atoms with Crippen LogP contribution in [0, 0.1) is 0 Å². The fourth-order valence-corrected chi connectivity index (χ4v) is 1.72. The molecule has 1 aliphatic heterocycles. The Kier molecular flexibility index (Phi) is 2.31. The zero-order valence-corrected chi connectivity index (χ0v) is 8.33. The van der Waals surface area contributed by atoms with Crippen molar-refractivity contribution in [1.29, 1.82) is 0 Å². The first-order valence-corrected chi connectivity index (χ1v) is 5.44. The summed E-state index contributed by atoms with van der Waals surface area (Å²) in [6.45, 7) is 0.400. The average molecular weight is 214 g/mol. The van der Waals surface area contributed by atoms with Crippen LogP contribution in [-0.4, -0.2) is 34.3 Å². The zero-order chi connectivity index (χ0) is 9.47. The van der Waals surface area contributed by atoms with E-state index in [1.165, 1.54) is 17.1 Å². The first-order chi connectivity index (χ1) is 6.15. The van der Waals surface area contributed by atoms with Gasteiger partial charge in [0.05, 0.1) is 12.5 Å². The molecule has 2 rings (SSSR count).